The Bertz CT molecular complexity index is 503. The summed E-state index contributed by atoms with van der Waals surface area (Å²) in [5.74, 6) is 0.473. The van der Waals surface area contributed by atoms with E-state index >= 15 is 0 Å². The number of nitrogens with one attached hydrogen (secondary N) is 1. The minimum atomic E-state index is -0.119. The number of hydrogen-bond donors (Lipinski definition) is 2. The Hall–Kier alpha value is -1.75. The van der Waals surface area contributed by atoms with Crippen LogP contribution in [0.15, 0.2) is 18.2 Å². The van der Waals surface area contributed by atoms with E-state index in [4.69, 9.17) is 15.2 Å². The number of nitrogens with two attached hydrogens (primary N) is 1. The first kappa shape index (κ1) is 12.3. The van der Waals surface area contributed by atoms with Gasteiger partial charge in [-0.15, -0.1) is 0 Å². The van der Waals surface area contributed by atoms with Crippen molar-refractivity contribution in [3.05, 3.63) is 23.8 Å². The number of amides is 1. The van der Waals surface area contributed by atoms with Crippen molar-refractivity contribution in [2.45, 2.75) is 37.5 Å². The molecule has 2 heterocycles. The molecule has 3 N–H and O–H groups in total. The van der Waals surface area contributed by atoms with Crippen LogP contribution in [0.4, 0.5) is 5.69 Å². The number of benzene rings is 1. The third-order valence-electron chi connectivity index (χ3n) is 3.85. The summed E-state index contributed by atoms with van der Waals surface area (Å²) in [6, 6.07) is 5.17. The Morgan fingerprint density at radius 1 is 1.42 bits per heavy atom. The predicted molar refractivity (Wildman–Crippen MR) is 71.2 cm³/mol. The molecule has 1 amide bonds. The van der Waals surface area contributed by atoms with E-state index in [1.807, 2.05) is 0 Å². The van der Waals surface area contributed by atoms with Gasteiger partial charge in [0.1, 0.15) is 5.75 Å². The molecule has 0 aromatic heterocycles. The van der Waals surface area contributed by atoms with Crippen molar-refractivity contribution in [1.29, 1.82) is 0 Å². The lowest BCUT2D eigenvalue weighted by atomic mass is 9.95. The van der Waals surface area contributed by atoms with Crippen LogP contribution in [0.2, 0.25) is 0 Å². The van der Waals surface area contributed by atoms with E-state index in [0.717, 1.165) is 19.3 Å². The Morgan fingerprint density at radius 2 is 2.26 bits per heavy atom. The first-order valence-corrected chi connectivity index (χ1v) is 6.56. The minimum absolute atomic E-state index is 0.119. The van der Waals surface area contributed by atoms with E-state index in [-0.39, 0.29) is 18.1 Å². The predicted octanol–water partition coefficient (Wildman–Crippen LogP) is 1.33. The summed E-state index contributed by atoms with van der Waals surface area (Å²) in [6.45, 7) is 0. The highest BCUT2D eigenvalue weighted by Gasteiger charge is 2.41. The molecule has 2 aliphatic heterocycles. The molecular formula is C14H18N2O3. The Kier molecular flexibility index (Phi) is 3.06. The number of rotatable bonds is 3. The summed E-state index contributed by atoms with van der Waals surface area (Å²) >= 11 is 0. The van der Waals surface area contributed by atoms with Crippen LogP contribution >= 0.6 is 0 Å². The SMILES string of the molecule is COc1cc(N)cc(C(=O)NC2CC3CCC2O3)c1. The van der Waals surface area contributed by atoms with Gasteiger partial charge >= 0.3 is 0 Å². The second-order valence-electron chi connectivity index (χ2n) is 5.18. The molecule has 1 aromatic carbocycles. The molecule has 0 aliphatic carbocycles. The Balaban J connectivity index is 1.72. The smallest absolute Gasteiger partial charge is 0.251 e. The van der Waals surface area contributed by atoms with Crippen LogP contribution in [0, 0.1) is 0 Å². The molecule has 0 radical (unpaired) electrons. The van der Waals surface area contributed by atoms with Gasteiger partial charge in [0.05, 0.1) is 25.4 Å². The lowest BCUT2D eigenvalue weighted by Crippen LogP contribution is -2.41. The van der Waals surface area contributed by atoms with Crippen molar-refractivity contribution in [3.63, 3.8) is 0 Å². The van der Waals surface area contributed by atoms with Gasteiger partial charge in [-0.05, 0) is 31.4 Å². The number of fused-ring (bicyclic) bond motifs is 2. The normalized spacial score (nSPS) is 28.4. The zero-order chi connectivity index (χ0) is 13.4. The summed E-state index contributed by atoms with van der Waals surface area (Å²) in [4.78, 5) is 12.2. The molecule has 102 valence electrons. The molecular weight excluding hydrogens is 244 g/mol. The Morgan fingerprint density at radius 3 is 2.89 bits per heavy atom. The van der Waals surface area contributed by atoms with Crippen molar-refractivity contribution in [2.75, 3.05) is 12.8 Å². The first-order valence-electron chi connectivity index (χ1n) is 6.56. The molecule has 0 spiro atoms. The fraction of sp³-hybridized carbons (Fsp3) is 0.500. The molecule has 1 aromatic rings. The molecule has 3 atom stereocenters. The van der Waals surface area contributed by atoms with Crippen LogP contribution in [-0.2, 0) is 4.74 Å². The minimum Gasteiger partial charge on any atom is -0.497 e. The molecule has 0 saturated carbocycles. The summed E-state index contributed by atoms with van der Waals surface area (Å²) in [6.07, 6.45) is 3.57. The van der Waals surface area contributed by atoms with Crippen molar-refractivity contribution < 1.29 is 14.3 Å². The molecule has 5 heteroatoms. The fourth-order valence-corrected chi connectivity index (χ4v) is 2.91. The van der Waals surface area contributed by atoms with Crippen molar-refractivity contribution in [1.82, 2.24) is 5.32 Å². The van der Waals surface area contributed by atoms with Crippen molar-refractivity contribution in [2.24, 2.45) is 0 Å². The zero-order valence-corrected chi connectivity index (χ0v) is 10.9. The van der Waals surface area contributed by atoms with Gasteiger partial charge in [0, 0.05) is 17.3 Å². The highest BCUT2D eigenvalue weighted by molar-refractivity contribution is 5.95. The van der Waals surface area contributed by atoms with Crippen LogP contribution < -0.4 is 15.8 Å². The quantitative estimate of drug-likeness (QED) is 0.806. The van der Waals surface area contributed by atoms with E-state index in [2.05, 4.69) is 5.32 Å². The van der Waals surface area contributed by atoms with E-state index in [1.165, 1.54) is 0 Å². The second-order valence-corrected chi connectivity index (χ2v) is 5.18. The number of carbonyl (C=O) groups excluding carboxylic acids is 1. The fourth-order valence-electron chi connectivity index (χ4n) is 2.91. The number of carbonyl (C=O) groups is 1. The van der Waals surface area contributed by atoms with Gasteiger partial charge in [0.15, 0.2) is 0 Å². The molecule has 2 aliphatic rings. The summed E-state index contributed by atoms with van der Waals surface area (Å²) < 4.78 is 10.8. The number of methoxy groups -OCH3 is 1. The zero-order valence-electron chi connectivity index (χ0n) is 10.9. The molecule has 5 nitrogen and oxygen atoms in total. The molecule has 19 heavy (non-hydrogen) atoms. The van der Waals surface area contributed by atoms with E-state index in [0.29, 0.717) is 23.1 Å². The summed E-state index contributed by atoms with van der Waals surface area (Å²) in [5.41, 5.74) is 6.81. The highest BCUT2D eigenvalue weighted by atomic mass is 16.5. The van der Waals surface area contributed by atoms with Crippen LogP contribution in [0.5, 0.6) is 5.75 Å². The van der Waals surface area contributed by atoms with Gasteiger partial charge in [-0.3, -0.25) is 4.79 Å². The topological polar surface area (TPSA) is 73.6 Å². The van der Waals surface area contributed by atoms with Crippen molar-refractivity contribution in [3.8, 4) is 5.75 Å². The monoisotopic (exact) mass is 262 g/mol. The third-order valence-corrected chi connectivity index (χ3v) is 3.85. The van der Waals surface area contributed by atoms with Crippen LogP contribution in [-0.4, -0.2) is 31.3 Å². The van der Waals surface area contributed by atoms with Gasteiger partial charge in [-0.2, -0.15) is 0 Å². The van der Waals surface area contributed by atoms with E-state index in [9.17, 15) is 4.79 Å². The first-order chi connectivity index (χ1) is 9.15. The lowest BCUT2D eigenvalue weighted by molar-refractivity contribution is 0.0840. The van der Waals surface area contributed by atoms with Crippen LogP contribution in [0.25, 0.3) is 0 Å². The van der Waals surface area contributed by atoms with Gasteiger partial charge in [0.2, 0.25) is 0 Å². The third kappa shape index (κ3) is 2.38. The molecule has 2 fully saturated rings. The number of ether oxygens (including phenoxy) is 2. The maximum Gasteiger partial charge on any atom is 0.251 e. The van der Waals surface area contributed by atoms with Crippen LogP contribution in [0.3, 0.4) is 0 Å². The number of nitrogen functional groups attached to an aromatic ring is 1. The molecule has 3 rings (SSSR count). The van der Waals surface area contributed by atoms with Gasteiger partial charge in [-0.25, -0.2) is 0 Å². The number of hydrogen-bond acceptors (Lipinski definition) is 4. The number of anilines is 1. The summed E-state index contributed by atoms with van der Waals surface area (Å²) in [5, 5.41) is 3.03. The van der Waals surface area contributed by atoms with E-state index in [1.54, 1.807) is 25.3 Å². The van der Waals surface area contributed by atoms with E-state index < -0.39 is 0 Å². The molecule has 3 unspecified atom stereocenters. The highest BCUT2D eigenvalue weighted by Crippen LogP contribution is 2.34. The standard InChI is InChI=1S/C14H18N2O3/c1-18-11-5-8(4-9(15)6-11)14(17)16-12-7-10-2-3-13(12)19-10/h4-6,10,12-13H,2-3,7,15H2,1H3,(H,16,17). The van der Waals surface area contributed by atoms with Gasteiger partial charge in [0.25, 0.3) is 5.91 Å². The average Bonchev–Trinajstić information content (AvgIpc) is 3.00. The average molecular weight is 262 g/mol. The van der Waals surface area contributed by atoms with Gasteiger partial charge < -0.3 is 20.5 Å². The molecule has 2 bridgehead atoms. The molecule has 2 saturated heterocycles. The van der Waals surface area contributed by atoms with Gasteiger partial charge in [-0.1, -0.05) is 0 Å². The summed E-state index contributed by atoms with van der Waals surface area (Å²) in [7, 11) is 1.56. The lowest BCUT2D eigenvalue weighted by Gasteiger charge is -2.20. The largest absolute Gasteiger partial charge is 0.497 e. The second kappa shape index (κ2) is 4.74. The van der Waals surface area contributed by atoms with Crippen molar-refractivity contribution >= 4 is 11.6 Å². The van der Waals surface area contributed by atoms with Crippen LogP contribution in [0.1, 0.15) is 29.6 Å². The Labute approximate surface area is 112 Å². The maximum atomic E-state index is 12.2. The maximum absolute atomic E-state index is 12.2.